The van der Waals surface area contributed by atoms with Crippen LogP contribution in [0.5, 0.6) is 0 Å². The summed E-state index contributed by atoms with van der Waals surface area (Å²) in [5.74, 6) is -1.13. The van der Waals surface area contributed by atoms with Gasteiger partial charge < -0.3 is 4.90 Å². The average Bonchev–Trinajstić information content (AvgIpc) is 2.69. The second-order valence-corrected chi connectivity index (χ2v) is 3.82. The van der Waals surface area contributed by atoms with Crippen LogP contribution in [-0.2, 0) is 6.18 Å². The van der Waals surface area contributed by atoms with Crippen molar-refractivity contribution >= 4 is 11.7 Å². The van der Waals surface area contributed by atoms with Gasteiger partial charge in [0.1, 0.15) is 0 Å². The van der Waals surface area contributed by atoms with Crippen LogP contribution in [0.1, 0.15) is 11.4 Å². The Hall–Kier alpha value is -2.12. The molecule has 0 saturated carbocycles. The SMILES string of the molecule is CN(C)C=Cc1ccnn2c(C(F)(F)F)nnc12. The van der Waals surface area contributed by atoms with Crippen molar-refractivity contribution in [3.05, 3.63) is 29.9 Å². The maximum atomic E-state index is 12.6. The molecule has 2 heterocycles. The van der Waals surface area contributed by atoms with Gasteiger partial charge in [-0.05, 0) is 18.3 Å². The molecule has 0 bridgehead atoms. The Morgan fingerprint density at radius 3 is 2.61 bits per heavy atom. The molecule has 0 aliphatic rings. The monoisotopic (exact) mass is 257 g/mol. The van der Waals surface area contributed by atoms with E-state index in [0.29, 0.717) is 10.1 Å². The van der Waals surface area contributed by atoms with Crippen molar-refractivity contribution in [2.24, 2.45) is 0 Å². The lowest BCUT2D eigenvalue weighted by atomic mass is 10.3. The zero-order chi connectivity index (χ0) is 13.3. The van der Waals surface area contributed by atoms with Gasteiger partial charge in [-0.3, -0.25) is 0 Å². The van der Waals surface area contributed by atoms with Crippen LogP contribution in [0.3, 0.4) is 0 Å². The highest BCUT2D eigenvalue weighted by atomic mass is 19.4. The molecule has 0 aromatic carbocycles. The Morgan fingerprint density at radius 1 is 1.28 bits per heavy atom. The van der Waals surface area contributed by atoms with E-state index in [1.54, 1.807) is 37.3 Å². The van der Waals surface area contributed by atoms with E-state index < -0.39 is 12.0 Å². The quantitative estimate of drug-likeness (QED) is 0.821. The van der Waals surface area contributed by atoms with E-state index in [0.717, 1.165) is 0 Å². The number of rotatable bonds is 2. The smallest absolute Gasteiger partial charge is 0.383 e. The van der Waals surface area contributed by atoms with E-state index >= 15 is 0 Å². The molecule has 2 aromatic rings. The van der Waals surface area contributed by atoms with Crippen molar-refractivity contribution in [1.29, 1.82) is 0 Å². The molecule has 2 rings (SSSR count). The minimum atomic E-state index is -4.57. The lowest BCUT2D eigenvalue weighted by molar-refractivity contribution is -0.146. The summed E-state index contributed by atoms with van der Waals surface area (Å²) in [7, 11) is 3.61. The van der Waals surface area contributed by atoms with Crippen LogP contribution >= 0.6 is 0 Å². The predicted octanol–water partition coefficient (Wildman–Crippen LogP) is 1.68. The second kappa shape index (κ2) is 4.28. The van der Waals surface area contributed by atoms with Crippen LogP contribution in [0.4, 0.5) is 13.2 Å². The highest BCUT2D eigenvalue weighted by molar-refractivity contribution is 5.64. The largest absolute Gasteiger partial charge is 0.453 e. The third-order valence-corrected chi connectivity index (χ3v) is 2.14. The Bertz CT molecular complexity index is 585. The van der Waals surface area contributed by atoms with Crippen LogP contribution in [-0.4, -0.2) is 38.8 Å². The van der Waals surface area contributed by atoms with E-state index in [1.165, 1.54) is 6.20 Å². The second-order valence-electron chi connectivity index (χ2n) is 3.82. The van der Waals surface area contributed by atoms with Crippen molar-refractivity contribution in [3.63, 3.8) is 0 Å². The molecule has 2 aromatic heterocycles. The predicted molar refractivity (Wildman–Crippen MR) is 58.5 cm³/mol. The molecule has 0 unspecified atom stereocenters. The normalized spacial score (nSPS) is 12.5. The van der Waals surface area contributed by atoms with Crippen molar-refractivity contribution in [1.82, 2.24) is 24.7 Å². The Labute approximate surface area is 101 Å². The van der Waals surface area contributed by atoms with Crippen molar-refractivity contribution < 1.29 is 13.2 Å². The number of fused-ring (bicyclic) bond motifs is 1. The van der Waals surface area contributed by atoms with Crippen LogP contribution in [0.25, 0.3) is 11.7 Å². The van der Waals surface area contributed by atoms with Gasteiger partial charge in [-0.15, -0.1) is 10.2 Å². The fourth-order valence-corrected chi connectivity index (χ4v) is 1.36. The Balaban J connectivity index is 2.56. The summed E-state index contributed by atoms with van der Waals surface area (Å²) >= 11 is 0. The third-order valence-electron chi connectivity index (χ3n) is 2.14. The first-order valence-electron chi connectivity index (χ1n) is 5.02. The molecule has 0 spiro atoms. The topological polar surface area (TPSA) is 46.3 Å². The first-order valence-corrected chi connectivity index (χ1v) is 5.02. The standard InChI is InChI=1S/C10H10F3N5/c1-17(2)6-4-7-3-5-14-18-8(7)15-16-9(18)10(11,12)13/h3-6H,1-2H3. The maximum absolute atomic E-state index is 12.6. The molecule has 0 fully saturated rings. The Kier molecular flexibility index (Phi) is 2.93. The van der Waals surface area contributed by atoms with Crippen LogP contribution in [0.15, 0.2) is 18.5 Å². The average molecular weight is 257 g/mol. The molecule has 8 heteroatoms. The minimum absolute atomic E-state index is 0.0722. The summed E-state index contributed by atoms with van der Waals surface area (Å²) in [6, 6.07) is 1.57. The number of hydrogen-bond acceptors (Lipinski definition) is 4. The van der Waals surface area contributed by atoms with E-state index in [-0.39, 0.29) is 5.65 Å². The number of alkyl halides is 3. The zero-order valence-electron chi connectivity index (χ0n) is 9.68. The molecular formula is C10H10F3N5. The van der Waals surface area contributed by atoms with Crippen molar-refractivity contribution in [2.75, 3.05) is 14.1 Å². The molecule has 0 aliphatic carbocycles. The molecule has 18 heavy (non-hydrogen) atoms. The number of nitrogens with zero attached hydrogens (tertiary/aromatic N) is 5. The number of hydrogen-bond donors (Lipinski definition) is 0. The van der Waals surface area contributed by atoms with E-state index in [4.69, 9.17) is 0 Å². The molecule has 5 nitrogen and oxygen atoms in total. The molecule has 0 saturated heterocycles. The van der Waals surface area contributed by atoms with Gasteiger partial charge in [0.05, 0.1) is 0 Å². The van der Waals surface area contributed by atoms with E-state index in [2.05, 4.69) is 15.3 Å². The molecule has 96 valence electrons. The van der Waals surface area contributed by atoms with E-state index in [1.807, 2.05) is 0 Å². The fourth-order valence-electron chi connectivity index (χ4n) is 1.36. The third kappa shape index (κ3) is 2.27. The first kappa shape index (κ1) is 12.3. The molecule has 0 amide bonds. The number of halogens is 3. The molecule has 0 radical (unpaired) electrons. The van der Waals surface area contributed by atoms with Gasteiger partial charge in [-0.2, -0.15) is 22.8 Å². The molecule has 0 aliphatic heterocycles. The molecule has 0 N–H and O–H groups in total. The van der Waals surface area contributed by atoms with Gasteiger partial charge in [-0.25, -0.2) is 0 Å². The van der Waals surface area contributed by atoms with Crippen molar-refractivity contribution in [2.45, 2.75) is 6.18 Å². The summed E-state index contributed by atoms with van der Waals surface area (Å²) < 4.78 is 38.5. The van der Waals surface area contributed by atoms with Gasteiger partial charge in [0.2, 0.25) is 0 Å². The minimum Gasteiger partial charge on any atom is -0.383 e. The van der Waals surface area contributed by atoms with Crippen LogP contribution in [0, 0.1) is 0 Å². The first-order chi connectivity index (χ1) is 8.39. The zero-order valence-corrected chi connectivity index (χ0v) is 9.68. The lowest BCUT2D eigenvalue weighted by Crippen LogP contribution is -2.12. The summed E-state index contributed by atoms with van der Waals surface area (Å²) in [6.45, 7) is 0. The highest BCUT2D eigenvalue weighted by Crippen LogP contribution is 2.27. The van der Waals surface area contributed by atoms with E-state index in [9.17, 15) is 13.2 Å². The highest BCUT2D eigenvalue weighted by Gasteiger charge is 2.37. The van der Waals surface area contributed by atoms with Gasteiger partial charge in [0.25, 0.3) is 5.82 Å². The van der Waals surface area contributed by atoms with Gasteiger partial charge in [-0.1, -0.05) is 0 Å². The maximum Gasteiger partial charge on any atom is 0.453 e. The van der Waals surface area contributed by atoms with Crippen LogP contribution in [0.2, 0.25) is 0 Å². The van der Waals surface area contributed by atoms with Crippen molar-refractivity contribution in [3.8, 4) is 0 Å². The Morgan fingerprint density at radius 2 is 2.00 bits per heavy atom. The summed E-state index contributed by atoms with van der Waals surface area (Å²) in [4.78, 5) is 1.76. The van der Waals surface area contributed by atoms with Crippen LogP contribution < -0.4 is 0 Å². The summed E-state index contributed by atoms with van der Waals surface area (Å²) in [5, 5.41) is 10.3. The van der Waals surface area contributed by atoms with Gasteiger partial charge >= 0.3 is 6.18 Å². The summed E-state index contributed by atoms with van der Waals surface area (Å²) in [6.07, 6.45) is 0.0559. The molecule has 0 atom stereocenters. The van der Waals surface area contributed by atoms with Gasteiger partial charge in [0.15, 0.2) is 5.65 Å². The number of aromatic nitrogens is 4. The summed E-state index contributed by atoms with van der Waals surface area (Å²) in [5.41, 5.74) is 0.588. The fraction of sp³-hybridized carbons (Fsp3) is 0.300. The lowest BCUT2D eigenvalue weighted by Gasteiger charge is -2.04. The molecular weight excluding hydrogens is 247 g/mol. The van der Waals surface area contributed by atoms with Gasteiger partial charge in [0, 0.05) is 25.9 Å².